The number of aromatic amines is 1. The first-order chi connectivity index (χ1) is 5.29. The van der Waals surface area contributed by atoms with Crippen LogP contribution in [0.25, 0.3) is 11.0 Å². The number of aryl methyl sites for hydroxylation is 1. The smallest absolute Gasteiger partial charge is 0.241 e. The highest BCUT2D eigenvalue weighted by Crippen LogP contribution is 2.06. The van der Waals surface area contributed by atoms with Gasteiger partial charge in [0.1, 0.15) is 5.52 Å². The first-order valence-electron chi connectivity index (χ1n) is 3.45. The number of hydrogen-bond donors (Lipinski definition) is 1. The maximum absolute atomic E-state index is 11.3. The molecule has 1 N–H and O–H groups in total. The molecule has 0 aliphatic rings. The topological polar surface area (TPSA) is 42.7 Å². The fraction of sp³-hybridized carbons (Fsp3) is 0.125. The molecular weight excluding hydrogens is 140 g/mol. The van der Waals surface area contributed by atoms with E-state index in [1.165, 1.54) is 0 Å². The minimum Gasteiger partial charge on any atom is -0.618 e. The Kier molecular flexibility index (Phi) is 1.12. The van der Waals surface area contributed by atoms with Crippen molar-refractivity contribution in [3.8, 4) is 0 Å². The maximum Gasteiger partial charge on any atom is 0.241 e. The highest BCUT2D eigenvalue weighted by Gasteiger charge is 2.05. The zero-order valence-corrected chi connectivity index (χ0v) is 6.16. The van der Waals surface area contributed by atoms with E-state index >= 15 is 0 Å². The fourth-order valence-corrected chi connectivity index (χ4v) is 1.15. The second-order valence-corrected chi connectivity index (χ2v) is 2.55. The molecule has 56 valence electrons. The molecule has 0 amide bonds. The van der Waals surface area contributed by atoms with Crippen molar-refractivity contribution in [2.75, 3.05) is 0 Å². The fourth-order valence-electron chi connectivity index (χ4n) is 1.15. The summed E-state index contributed by atoms with van der Waals surface area (Å²) in [5.74, 6) is 0. The van der Waals surface area contributed by atoms with Gasteiger partial charge in [0, 0.05) is 25.3 Å². The van der Waals surface area contributed by atoms with Gasteiger partial charge in [0.25, 0.3) is 0 Å². The Labute approximate surface area is 63.9 Å². The lowest BCUT2D eigenvalue weighted by atomic mass is 10.3. The van der Waals surface area contributed by atoms with Crippen molar-refractivity contribution >= 4 is 11.0 Å². The molecule has 11 heavy (non-hydrogen) atoms. The van der Waals surface area contributed by atoms with Crippen LogP contribution in [0, 0.1) is 12.1 Å². The number of H-pyrrole nitrogens is 1. The average molecular weight is 148 g/mol. The second-order valence-electron chi connectivity index (χ2n) is 2.55. The van der Waals surface area contributed by atoms with Gasteiger partial charge in [-0.15, -0.1) is 0 Å². The van der Waals surface area contributed by atoms with Gasteiger partial charge in [-0.25, -0.2) is 0 Å². The van der Waals surface area contributed by atoms with Crippen LogP contribution in [0.1, 0.15) is 5.69 Å². The monoisotopic (exact) mass is 148 g/mol. The van der Waals surface area contributed by atoms with Gasteiger partial charge in [0.15, 0.2) is 5.69 Å². The van der Waals surface area contributed by atoms with E-state index < -0.39 is 0 Å². The molecule has 2 rings (SSSR count). The third-order valence-corrected chi connectivity index (χ3v) is 1.79. The molecule has 2 heterocycles. The van der Waals surface area contributed by atoms with Gasteiger partial charge in [0.2, 0.25) is 5.52 Å². The SMILES string of the molecule is Cc1ccc2[nH]ccc2[n+]1[O-]. The Morgan fingerprint density at radius 1 is 1.36 bits per heavy atom. The molecule has 0 aliphatic heterocycles. The Hall–Kier alpha value is -1.51. The summed E-state index contributed by atoms with van der Waals surface area (Å²) in [6, 6.07) is 5.47. The third kappa shape index (κ3) is 0.774. The van der Waals surface area contributed by atoms with Crippen molar-refractivity contribution in [3.63, 3.8) is 0 Å². The molecule has 0 bridgehead atoms. The number of fused-ring (bicyclic) bond motifs is 1. The lowest BCUT2D eigenvalue weighted by Crippen LogP contribution is -2.29. The first-order valence-corrected chi connectivity index (χ1v) is 3.45. The normalized spacial score (nSPS) is 10.6. The van der Waals surface area contributed by atoms with Crippen LogP contribution in [-0.2, 0) is 0 Å². The molecule has 0 atom stereocenters. The summed E-state index contributed by atoms with van der Waals surface area (Å²) in [6.07, 6.45) is 1.76. The van der Waals surface area contributed by atoms with Crippen molar-refractivity contribution < 1.29 is 4.73 Å². The predicted octanol–water partition coefficient (Wildman–Crippen LogP) is 1.11. The zero-order valence-electron chi connectivity index (χ0n) is 6.16. The van der Waals surface area contributed by atoms with Crippen molar-refractivity contribution in [2.24, 2.45) is 0 Å². The predicted molar refractivity (Wildman–Crippen MR) is 42.0 cm³/mol. The largest absolute Gasteiger partial charge is 0.618 e. The van der Waals surface area contributed by atoms with E-state index in [4.69, 9.17) is 0 Å². The second kappa shape index (κ2) is 1.99. The van der Waals surface area contributed by atoms with Crippen LogP contribution in [0.3, 0.4) is 0 Å². The van der Waals surface area contributed by atoms with Crippen LogP contribution in [0.15, 0.2) is 24.4 Å². The van der Waals surface area contributed by atoms with Gasteiger partial charge in [-0.3, -0.25) is 0 Å². The summed E-state index contributed by atoms with van der Waals surface area (Å²) in [7, 11) is 0. The van der Waals surface area contributed by atoms with Gasteiger partial charge < -0.3 is 10.2 Å². The van der Waals surface area contributed by atoms with E-state index in [9.17, 15) is 5.21 Å². The van der Waals surface area contributed by atoms with Gasteiger partial charge in [0.05, 0.1) is 0 Å². The van der Waals surface area contributed by atoms with E-state index in [-0.39, 0.29) is 0 Å². The van der Waals surface area contributed by atoms with Crippen molar-refractivity contribution in [2.45, 2.75) is 6.92 Å². The van der Waals surface area contributed by atoms with Gasteiger partial charge >= 0.3 is 0 Å². The Morgan fingerprint density at radius 2 is 2.18 bits per heavy atom. The van der Waals surface area contributed by atoms with E-state index in [1.807, 2.05) is 6.07 Å². The van der Waals surface area contributed by atoms with E-state index in [2.05, 4.69) is 4.98 Å². The lowest BCUT2D eigenvalue weighted by molar-refractivity contribution is -0.584. The Balaban J connectivity index is 2.93. The van der Waals surface area contributed by atoms with Crippen molar-refractivity contribution in [1.29, 1.82) is 0 Å². The Morgan fingerprint density at radius 3 is 3.00 bits per heavy atom. The third-order valence-electron chi connectivity index (χ3n) is 1.79. The first kappa shape index (κ1) is 6.22. The number of rotatable bonds is 0. The number of hydrogen-bond acceptors (Lipinski definition) is 1. The molecule has 0 spiro atoms. The van der Waals surface area contributed by atoms with Crippen molar-refractivity contribution in [1.82, 2.24) is 4.98 Å². The van der Waals surface area contributed by atoms with Crippen LogP contribution in [0.5, 0.6) is 0 Å². The molecule has 2 aromatic heterocycles. The van der Waals surface area contributed by atoms with Crippen LogP contribution in [0.2, 0.25) is 0 Å². The summed E-state index contributed by atoms with van der Waals surface area (Å²) in [6.45, 7) is 1.79. The minimum atomic E-state index is 0.699. The minimum absolute atomic E-state index is 0.699. The molecular formula is C8H8N2O. The molecule has 3 nitrogen and oxygen atoms in total. The number of nitrogens with zero attached hydrogens (tertiary/aromatic N) is 1. The van der Waals surface area contributed by atoms with Gasteiger partial charge in [-0.05, 0) is 6.07 Å². The summed E-state index contributed by atoms with van der Waals surface area (Å²) >= 11 is 0. The van der Waals surface area contributed by atoms with Crippen LogP contribution in [-0.4, -0.2) is 4.98 Å². The lowest BCUT2D eigenvalue weighted by Gasteiger charge is -1.99. The number of pyridine rings is 1. The number of nitrogens with one attached hydrogen (secondary N) is 1. The van der Waals surface area contributed by atoms with Gasteiger partial charge in [-0.2, -0.15) is 4.73 Å². The zero-order chi connectivity index (χ0) is 7.84. The maximum atomic E-state index is 11.3. The molecule has 2 aromatic rings. The molecule has 3 heteroatoms. The van der Waals surface area contributed by atoms with Crippen LogP contribution in [0.4, 0.5) is 0 Å². The van der Waals surface area contributed by atoms with E-state index in [0.29, 0.717) is 5.52 Å². The van der Waals surface area contributed by atoms with Crippen LogP contribution < -0.4 is 4.73 Å². The van der Waals surface area contributed by atoms with Gasteiger partial charge in [-0.1, -0.05) is 0 Å². The quantitative estimate of drug-likeness (QED) is 0.441. The number of aromatic nitrogens is 2. The molecule has 0 aliphatic carbocycles. The molecule has 0 fully saturated rings. The van der Waals surface area contributed by atoms with E-state index in [1.54, 1.807) is 25.3 Å². The summed E-state index contributed by atoms with van der Waals surface area (Å²) in [4.78, 5) is 2.97. The Bertz CT molecular complexity index is 392. The average Bonchev–Trinajstić information content (AvgIpc) is 2.45. The summed E-state index contributed by atoms with van der Waals surface area (Å²) in [5.41, 5.74) is 2.30. The van der Waals surface area contributed by atoms with Crippen molar-refractivity contribution in [3.05, 3.63) is 35.3 Å². The summed E-state index contributed by atoms with van der Waals surface area (Å²) < 4.78 is 0.922. The molecule has 0 aromatic carbocycles. The highest BCUT2D eigenvalue weighted by atomic mass is 16.5. The molecule has 0 radical (unpaired) electrons. The molecule has 0 saturated carbocycles. The van der Waals surface area contributed by atoms with E-state index in [0.717, 1.165) is 15.9 Å². The summed E-state index contributed by atoms with van der Waals surface area (Å²) in [5, 5.41) is 11.3. The highest BCUT2D eigenvalue weighted by molar-refractivity contribution is 5.71. The molecule has 0 saturated heterocycles. The standard InChI is InChI=1S/C8H8N2O/c1-6-2-3-7-8(10(6)11)4-5-9-7/h2-5,9H,1H3. The molecule has 0 unspecified atom stereocenters. The van der Waals surface area contributed by atoms with Crippen LogP contribution >= 0.6 is 0 Å².